The highest BCUT2D eigenvalue weighted by Crippen LogP contribution is 2.21. The zero-order chi connectivity index (χ0) is 21.6. The van der Waals surface area contributed by atoms with Crippen molar-refractivity contribution in [3.8, 4) is 0 Å². The lowest BCUT2D eigenvalue weighted by molar-refractivity contribution is -0.146. The maximum Gasteiger partial charge on any atom is 0.276 e. The number of benzene rings is 1. The van der Waals surface area contributed by atoms with E-state index in [1.165, 1.54) is 18.3 Å². The van der Waals surface area contributed by atoms with Crippen LogP contribution in [0, 0.1) is 0 Å². The summed E-state index contributed by atoms with van der Waals surface area (Å²) in [6.07, 6.45) is 3.41. The van der Waals surface area contributed by atoms with Crippen molar-refractivity contribution in [3.05, 3.63) is 59.8 Å². The number of amides is 1. The average Bonchev–Trinajstić information content (AvgIpc) is 2.78. The van der Waals surface area contributed by atoms with Crippen molar-refractivity contribution in [2.24, 2.45) is 0 Å². The number of rotatable bonds is 9. The third kappa shape index (κ3) is 6.90. The zero-order valence-corrected chi connectivity index (χ0v) is 17.0. The lowest BCUT2D eigenvalue weighted by Gasteiger charge is -2.43. The summed E-state index contributed by atoms with van der Waals surface area (Å²) in [4.78, 5) is 25.4. The highest BCUT2D eigenvalue weighted by atomic mass is 16.5. The molecule has 0 bridgehead atoms. The highest BCUT2D eigenvalue weighted by molar-refractivity contribution is 5.93. The molecule has 9 heteroatoms. The molecule has 9 nitrogen and oxygen atoms in total. The first kappa shape index (κ1) is 24.2. The Morgan fingerprint density at radius 1 is 1.17 bits per heavy atom. The Labute approximate surface area is 171 Å². The van der Waals surface area contributed by atoms with E-state index in [0.29, 0.717) is 32.7 Å². The predicted molar refractivity (Wildman–Crippen MR) is 107 cm³/mol. The first-order valence-corrected chi connectivity index (χ1v) is 9.01. The molecule has 29 heavy (non-hydrogen) atoms. The molecule has 1 saturated heterocycles. The summed E-state index contributed by atoms with van der Waals surface area (Å²) in [5.41, 5.74) is 1.17. The Morgan fingerprint density at radius 3 is 2.41 bits per heavy atom. The minimum absolute atomic E-state index is 0.0295. The number of aldehydes is 1. The second-order valence-electron chi connectivity index (χ2n) is 5.88. The van der Waals surface area contributed by atoms with Crippen molar-refractivity contribution in [2.45, 2.75) is 6.42 Å². The van der Waals surface area contributed by atoms with Crippen LogP contribution in [0.2, 0.25) is 0 Å². The van der Waals surface area contributed by atoms with Gasteiger partial charge in [-0.05, 0) is 12.0 Å². The van der Waals surface area contributed by atoms with Crippen LogP contribution in [0.3, 0.4) is 0 Å². The Hall–Kier alpha value is -2.88. The second-order valence-corrected chi connectivity index (χ2v) is 5.88. The van der Waals surface area contributed by atoms with Gasteiger partial charge in [-0.3, -0.25) is 14.6 Å². The molecule has 1 heterocycles. The molecule has 0 radical (unpaired) electrons. The number of methoxy groups -OCH3 is 2. The van der Waals surface area contributed by atoms with E-state index in [0.717, 1.165) is 25.4 Å². The maximum absolute atomic E-state index is 12.7. The summed E-state index contributed by atoms with van der Waals surface area (Å²) >= 11 is 0. The van der Waals surface area contributed by atoms with Crippen LogP contribution in [0.25, 0.3) is 0 Å². The van der Waals surface area contributed by atoms with Gasteiger partial charge in [0.25, 0.3) is 5.91 Å². The van der Waals surface area contributed by atoms with E-state index in [-0.39, 0.29) is 17.4 Å². The predicted octanol–water partition coefficient (Wildman–Crippen LogP) is 0.889. The average molecular weight is 407 g/mol. The Kier molecular flexibility index (Phi) is 11.1. The summed E-state index contributed by atoms with van der Waals surface area (Å²) < 4.78 is 10.1. The summed E-state index contributed by atoms with van der Waals surface area (Å²) in [6, 6.07) is 9.92. The van der Waals surface area contributed by atoms with Crippen molar-refractivity contribution in [1.29, 1.82) is 0 Å². The molecular weight excluding hydrogens is 378 g/mol. The van der Waals surface area contributed by atoms with Crippen LogP contribution in [-0.4, -0.2) is 85.0 Å². The maximum atomic E-state index is 12.7. The van der Waals surface area contributed by atoms with Crippen LogP contribution in [0.15, 0.2) is 54.3 Å². The van der Waals surface area contributed by atoms with E-state index >= 15 is 0 Å². The van der Waals surface area contributed by atoms with Crippen molar-refractivity contribution in [2.75, 3.05) is 47.7 Å². The topological polar surface area (TPSA) is 103 Å². The smallest absolute Gasteiger partial charge is 0.276 e. The van der Waals surface area contributed by atoms with E-state index < -0.39 is 0 Å². The molecular formula is C20H29N3O6. The molecule has 1 aromatic carbocycles. The minimum atomic E-state index is -0.358. The molecule has 0 unspecified atom stereocenters. The number of aliphatic hydroxyl groups is 2. The number of hydrogen-bond acceptors (Lipinski definition) is 8. The fraction of sp³-hybridized carbons (Fsp3) is 0.400. The summed E-state index contributed by atoms with van der Waals surface area (Å²) in [5.74, 6) is -0.319. The molecule has 2 N–H and O–H groups in total. The molecule has 1 fully saturated rings. The van der Waals surface area contributed by atoms with E-state index in [1.54, 1.807) is 12.0 Å². The second kappa shape index (κ2) is 13.3. The van der Waals surface area contributed by atoms with Gasteiger partial charge in [0.2, 0.25) is 0 Å². The molecule has 0 atom stereocenters. The first-order valence-electron chi connectivity index (χ1n) is 9.01. The largest absolute Gasteiger partial charge is 0.513 e. The number of carbonyl (C=O) groups excluding carboxylic acids is 2. The van der Waals surface area contributed by atoms with Gasteiger partial charge < -0.3 is 24.6 Å². The third-order valence-electron chi connectivity index (χ3n) is 4.18. The number of ether oxygens (including phenoxy) is 2. The van der Waals surface area contributed by atoms with Crippen molar-refractivity contribution in [3.63, 3.8) is 0 Å². The molecule has 0 aliphatic carbocycles. The number of carbonyl (C=O) groups is 2. The van der Waals surface area contributed by atoms with Crippen molar-refractivity contribution in [1.82, 2.24) is 14.9 Å². The molecule has 160 valence electrons. The third-order valence-corrected chi connectivity index (χ3v) is 4.18. The van der Waals surface area contributed by atoms with Gasteiger partial charge in [0, 0.05) is 27.3 Å². The first-order chi connectivity index (χ1) is 14.1. The quantitative estimate of drug-likeness (QED) is 0.353. The van der Waals surface area contributed by atoms with Gasteiger partial charge in [-0.1, -0.05) is 30.3 Å². The summed E-state index contributed by atoms with van der Waals surface area (Å²) in [6.45, 7) is 1.62. The van der Waals surface area contributed by atoms with Gasteiger partial charge in [0.05, 0.1) is 26.6 Å². The Bertz CT molecular complexity index is 693. The zero-order valence-electron chi connectivity index (χ0n) is 17.0. The number of allylic oxidation sites excluding steroid dienone is 1. The number of nitrogens with zero attached hydrogens (tertiary/aromatic N) is 3. The summed E-state index contributed by atoms with van der Waals surface area (Å²) in [7, 11) is 3.93. The van der Waals surface area contributed by atoms with Crippen LogP contribution in [0.4, 0.5) is 0 Å². The number of hydrazine groups is 1. The molecule has 2 rings (SSSR count). The fourth-order valence-corrected chi connectivity index (χ4v) is 2.71. The van der Waals surface area contributed by atoms with Crippen molar-refractivity contribution >= 4 is 12.2 Å². The van der Waals surface area contributed by atoms with Gasteiger partial charge in [0.15, 0.2) is 17.7 Å². The van der Waals surface area contributed by atoms with E-state index in [9.17, 15) is 14.7 Å². The number of hydrogen-bond donors (Lipinski definition) is 2. The van der Waals surface area contributed by atoms with Crippen molar-refractivity contribution < 1.29 is 29.3 Å². The van der Waals surface area contributed by atoms with E-state index in [2.05, 4.69) is 0 Å². The van der Waals surface area contributed by atoms with Gasteiger partial charge in [-0.15, -0.1) is 0 Å². The molecule has 1 aliphatic heterocycles. The van der Waals surface area contributed by atoms with Gasteiger partial charge >= 0.3 is 0 Å². The lowest BCUT2D eigenvalue weighted by Crippen LogP contribution is -2.57. The summed E-state index contributed by atoms with van der Waals surface area (Å²) in [5, 5.41) is 20.0. The molecule has 0 saturated carbocycles. The van der Waals surface area contributed by atoms with Crippen LogP contribution >= 0.6 is 0 Å². The van der Waals surface area contributed by atoms with Gasteiger partial charge in [0.1, 0.15) is 6.26 Å². The molecule has 1 amide bonds. The van der Waals surface area contributed by atoms with Crippen LogP contribution in [0.5, 0.6) is 0 Å². The van der Waals surface area contributed by atoms with Crippen LogP contribution < -0.4 is 0 Å². The molecule has 0 spiro atoms. The Morgan fingerprint density at radius 2 is 1.86 bits per heavy atom. The van der Waals surface area contributed by atoms with Crippen LogP contribution in [0.1, 0.15) is 5.56 Å². The monoisotopic (exact) mass is 407 g/mol. The highest BCUT2D eigenvalue weighted by Gasteiger charge is 2.34. The molecule has 0 aromatic heterocycles. The molecule has 1 aromatic rings. The fourth-order valence-electron chi connectivity index (χ4n) is 2.71. The number of aliphatic hydroxyl groups excluding tert-OH is 2. The van der Waals surface area contributed by atoms with Gasteiger partial charge in [-0.25, -0.2) is 0 Å². The molecule has 1 aliphatic rings. The Balaban J connectivity index is 0.00000204. The SMILES string of the molecule is CO.COCCN1CN(CCc2ccccc2)N(/C=C(/C=O)OC)/C(=C/O)C1=O. The van der Waals surface area contributed by atoms with Crippen LogP contribution in [-0.2, 0) is 25.5 Å². The minimum Gasteiger partial charge on any atom is -0.513 e. The van der Waals surface area contributed by atoms with E-state index in [4.69, 9.17) is 14.6 Å². The standard InChI is InChI=1S/C19H25N3O5.CH4O/c1-26-11-10-20-15-21(9-8-16-6-4-3-5-7-16)22(12-17(13-23)27-2)18(14-24)19(20)25;1-2/h3-7,12-14,24H,8-11,15H2,1-2H3;2H,1H3/b17-12-,18-14+;. The van der Waals surface area contributed by atoms with E-state index in [1.807, 2.05) is 35.3 Å². The normalized spacial score (nSPS) is 16.5. The van der Waals surface area contributed by atoms with Gasteiger partial charge in [-0.2, -0.15) is 5.01 Å². The lowest BCUT2D eigenvalue weighted by atomic mass is 10.1.